The molecular formula is C25H27N3O3. The Hall–Kier alpha value is -3.41. The quantitative estimate of drug-likeness (QED) is 0.577. The molecule has 1 amide bonds. The summed E-state index contributed by atoms with van der Waals surface area (Å²) in [5.41, 5.74) is 3.20. The van der Waals surface area contributed by atoms with Crippen molar-refractivity contribution < 1.29 is 14.3 Å². The van der Waals surface area contributed by atoms with Gasteiger partial charge < -0.3 is 9.64 Å². The number of esters is 1. The van der Waals surface area contributed by atoms with E-state index in [9.17, 15) is 9.59 Å². The lowest BCUT2D eigenvalue weighted by molar-refractivity contribution is -0.142. The van der Waals surface area contributed by atoms with Gasteiger partial charge in [0.05, 0.1) is 17.1 Å². The first-order valence-electron chi connectivity index (χ1n) is 10.7. The van der Waals surface area contributed by atoms with Gasteiger partial charge in [-0.3, -0.25) is 4.79 Å². The summed E-state index contributed by atoms with van der Waals surface area (Å²) in [6, 6.07) is 18.9. The Morgan fingerprint density at radius 1 is 0.903 bits per heavy atom. The molecule has 0 unspecified atom stereocenters. The number of piperidine rings is 1. The largest absolute Gasteiger partial charge is 0.444 e. The summed E-state index contributed by atoms with van der Waals surface area (Å²) < 4.78 is 7.60. The number of rotatable bonds is 5. The summed E-state index contributed by atoms with van der Waals surface area (Å²) in [7, 11) is 0. The van der Waals surface area contributed by atoms with Gasteiger partial charge in [0.25, 0.3) is 5.91 Å². The van der Waals surface area contributed by atoms with Gasteiger partial charge in [-0.05, 0) is 45.2 Å². The lowest BCUT2D eigenvalue weighted by atomic mass is 10.1. The molecule has 0 aliphatic carbocycles. The van der Waals surface area contributed by atoms with E-state index >= 15 is 0 Å². The molecule has 6 heteroatoms. The minimum Gasteiger partial charge on any atom is -0.444 e. The smallest absolute Gasteiger partial charge is 0.343 e. The van der Waals surface area contributed by atoms with Crippen molar-refractivity contribution in [2.45, 2.75) is 39.2 Å². The SMILES string of the molecule is Cc1nn(-c2ccccc2)c(C)c1C(=O)O[C@H](C(=O)N1CCCCC1)c1ccccc1. The summed E-state index contributed by atoms with van der Waals surface area (Å²) in [4.78, 5) is 28.4. The number of hydrogen-bond acceptors (Lipinski definition) is 4. The van der Waals surface area contributed by atoms with Gasteiger partial charge in [0.2, 0.25) is 6.10 Å². The molecule has 160 valence electrons. The number of carbonyl (C=O) groups excluding carboxylic acids is 2. The van der Waals surface area contributed by atoms with Crippen molar-refractivity contribution in [1.29, 1.82) is 0 Å². The van der Waals surface area contributed by atoms with Crippen LogP contribution in [0, 0.1) is 13.8 Å². The number of benzene rings is 2. The Bertz CT molecular complexity index is 1050. The van der Waals surface area contributed by atoms with Crippen LogP contribution in [0.4, 0.5) is 0 Å². The number of aromatic nitrogens is 2. The zero-order valence-electron chi connectivity index (χ0n) is 18.0. The fraction of sp³-hybridized carbons (Fsp3) is 0.320. The van der Waals surface area contributed by atoms with Crippen molar-refractivity contribution in [2.24, 2.45) is 0 Å². The van der Waals surface area contributed by atoms with E-state index in [1.54, 1.807) is 11.6 Å². The molecule has 1 aliphatic heterocycles. The second-order valence-electron chi connectivity index (χ2n) is 7.88. The van der Waals surface area contributed by atoms with Crippen LogP contribution in [0.5, 0.6) is 0 Å². The van der Waals surface area contributed by atoms with Gasteiger partial charge in [-0.2, -0.15) is 5.10 Å². The minimum absolute atomic E-state index is 0.162. The number of ether oxygens (including phenoxy) is 1. The van der Waals surface area contributed by atoms with E-state index < -0.39 is 12.1 Å². The molecule has 1 atom stereocenters. The van der Waals surface area contributed by atoms with Crippen molar-refractivity contribution in [3.05, 3.63) is 83.2 Å². The maximum atomic E-state index is 13.3. The van der Waals surface area contributed by atoms with Crippen molar-refractivity contribution in [3.63, 3.8) is 0 Å². The molecule has 4 rings (SSSR count). The summed E-state index contributed by atoms with van der Waals surface area (Å²) in [5, 5.41) is 4.54. The Morgan fingerprint density at radius 3 is 2.16 bits per heavy atom. The molecule has 1 aromatic heterocycles. The van der Waals surface area contributed by atoms with Crippen molar-refractivity contribution in [3.8, 4) is 5.69 Å². The van der Waals surface area contributed by atoms with Gasteiger partial charge in [-0.15, -0.1) is 0 Å². The highest BCUT2D eigenvalue weighted by Gasteiger charge is 2.32. The average molecular weight is 418 g/mol. The van der Waals surface area contributed by atoms with Gasteiger partial charge in [-0.25, -0.2) is 9.48 Å². The van der Waals surface area contributed by atoms with Gasteiger partial charge in [0, 0.05) is 18.7 Å². The number of likely N-dealkylation sites (tertiary alicyclic amines) is 1. The van der Waals surface area contributed by atoms with Crippen LogP contribution in [-0.2, 0) is 9.53 Å². The number of para-hydroxylation sites is 1. The first kappa shape index (κ1) is 20.8. The third-order valence-corrected chi connectivity index (χ3v) is 5.72. The zero-order chi connectivity index (χ0) is 21.8. The molecule has 0 spiro atoms. The van der Waals surface area contributed by atoms with Crippen molar-refractivity contribution in [1.82, 2.24) is 14.7 Å². The van der Waals surface area contributed by atoms with E-state index in [0.717, 1.165) is 24.9 Å². The Labute approximate surface area is 182 Å². The van der Waals surface area contributed by atoms with Crippen LogP contribution in [0.15, 0.2) is 60.7 Å². The third-order valence-electron chi connectivity index (χ3n) is 5.72. The molecule has 3 aromatic rings. The lowest BCUT2D eigenvalue weighted by Crippen LogP contribution is -2.40. The maximum absolute atomic E-state index is 13.3. The first-order valence-corrected chi connectivity index (χ1v) is 10.7. The summed E-state index contributed by atoms with van der Waals surface area (Å²) in [6.45, 7) is 5.02. The number of carbonyl (C=O) groups is 2. The summed E-state index contributed by atoms with van der Waals surface area (Å²) in [5.74, 6) is -0.693. The van der Waals surface area contributed by atoms with Crippen molar-refractivity contribution >= 4 is 11.9 Å². The highest BCUT2D eigenvalue weighted by atomic mass is 16.5. The van der Waals surface area contributed by atoms with E-state index in [2.05, 4.69) is 5.10 Å². The van der Waals surface area contributed by atoms with Gasteiger partial charge in [-0.1, -0.05) is 48.5 Å². The molecule has 0 radical (unpaired) electrons. The van der Waals surface area contributed by atoms with E-state index in [4.69, 9.17) is 4.74 Å². The summed E-state index contributed by atoms with van der Waals surface area (Å²) >= 11 is 0. The standard InChI is InChI=1S/C25H27N3O3/c1-18-22(19(2)28(26-18)21-14-8-4-9-15-21)25(30)31-23(20-12-6-3-7-13-20)24(29)27-16-10-5-11-17-27/h3-4,6-9,12-15,23H,5,10-11,16-17H2,1-2H3/t23-/m0/s1. The second kappa shape index (κ2) is 9.16. The molecule has 1 aliphatic rings. The molecule has 2 heterocycles. The average Bonchev–Trinajstić information content (AvgIpc) is 3.12. The van der Waals surface area contributed by atoms with Crippen molar-refractivity contribution in [2.75, 3.05) is 13.1 Å². The van der Waals surface area contributed by atoms with Crippen LogP contribution in [0.3, 0.4) is 0 Å². The van der Waals surface area contributed by atoms with E-state index in [-0.39, 0.29) is 5.91 Å². The molecule has 1 fully saturated rings. The van der Waals surface area contributed by atoms with Gasteiger partial charge in [0.15, 0.2) is 0 Å². The zero-order valence-corrected chi connectivity index (χ0v) is 18.0. The molecule has 6 nitrogen and oxygen atoms in total. The molecule has 0 saturated carbocycles. The van der Waals surface area contributed by atoms with Gasteiger partial charge in [0.1, 0.15) is 5.56 Å². The fourth-order valence-electron chi connectivity index (χ4n) is 4.09. The molecule has 2 aromatic carbocycles. The van der Waals surface area contributed by atoms with E-state index in [0.29, 0.717) is 35.6 Å². The predicted molar refractivity (Wildman–Crippen MR) is 118 cm³/mol. The highest BCUT2D eigenvalue weighted by Crippen LogP contribution is 2.26. The number of hydrogen-bond donors (Lipinski definition) is 0. The monoisotopic (exact) mass is 417 g/mol. The number of nitrogens with zero attached hydrogens (tertiary/aromatic N) is 3. The van der Waals surface area contributed by atoms with Crippen LogP contribution < -0.4 is 0 Å². The molecular weight excluding hydrogens is 390 g/mol. The Balaban J connectivity index is 1.64. The Kier molecular flexibility index (Phi) is 6.16. The third kappa shape index (κ3) is 4.38. The normalized spacial score (nSPS) is 14.8. The molecule has 1 saturated heterocycles. The van der Waals surface area contributed by atoms with E-state index in [1.807, 2.05) is 72.5 Å². The molecule has 31 heavy (non-hydrogen) atoms. The summed E-state index contributed by atoms with van der Waals surface area (Å²) in [6.07, 6.45) is 2.11. The minimum atomic E-state index is -0.967. The topological polar surface area (TPSA) is 64.4 Å². The Morgan fingerprint density at radius 2 is 1.52 bits per heavy atom. The molecule has 0 N–H and O–H groups in total. The second-order valence-corrected chi connectivity index (χ2v) is 7.88. The molecule has 0 bridgehead atoms. The van der Waals surface area contributed by atoms with Crippen LogP contribution in [0.1, 0.15) is 52.7 Å². The highest BCUT2D eigenvalue weighted by molar-refractivity contribution is 5.94. The van der Waals surface area contributed by atoms with E-state index in [1.165, 1.54) is 0 Å². The van der Waals surface area contributed by atoms with Crippen LogP contribution in [-0.4, -0.2) is 39.6 Å². The van der Waals surface area contributed by atoms with Crippen LogP contribution in [0.25, 0.3) is 5.69 Å². The predicted octanol–water partition coefficient (Wildman–Crippen LogP) is 4.40. The van der Waals surface area contributed by atoms with Crippen LogP contribution in [0.2, 0.25) is 0 Å². The number of amides is 1. The number of aryl methyl sites for hydroxylation is 1. The fourth-order valence-corrected chi connectivity index (χ4v) is 4.09. The lowest BCUT2D eigenvalue weighted by Gasteiger charge is -2.30. The van der Waals surface area contributed by atoms with Crippen LogP contribution >= 0.6 is 0 Å². The van der Waals surface area contributed by atoms with Gasteiger partial charge >= 0.3 is 5.97 Å². The first-order chi connectivity index (χ1) is 15.1. The maximum Gasteiger partial charge on any atom is 0.343 e.